The number of nitrogens with zero attached hydrogens (tertiary/aromatic N) is 1. The van der Waals surface area contributed by atoms with Crippen molar-refractivity contribution in [2.45, 2.75) is 32.3 Å². The van der Waals surface area contributed by atoms with Crippen molar-refractivity contribution in [2.24, 2.45) is 0 Å². The number of aliphatic hydroxyl groups is 1. The smallest absolute Gasteiger partial charge is 0.337 e. The molecule has 0 amide bonds. The second-order valence-corrected chi connectivity index (χ2v) is 3.33. The molecule has 0 radical (unpaired) electrons. The summed E-state index contributed by atoms with van der Waals surface area (Å²) in [6.07, 6.45) is 0.937. The second-order valence-electron chi connectivity index (χ2n) is 3.33. The van der Waals surface area contributed by atoms with Crippen molar-refractivity contribution in [1.82, 2.24) is 4.90 Å². The molecule has 1 rings (SSSR count). The van der Waals surface area contributed by atoms with Gasteiger partial charge in [-0.15, -0.1) is 0 Å². The van der Waals surface area contributed by atoms with Crippen LogP contribution in [-0.4, -0.2) is 48.8 Å². The molecule has 1 N–H and O–H groups in total. The highest BCUT2D eigenvalue weighted by Crippen LogP contribution is 2.22. The van der Waals surface area contributed by atoms with Crippen molar-refractivity contribution < 1.29 is 14.6 Å². The second kappa shape index (κ2) is 5.98. The first-order chi connectivity index (χ1) is 6.58. The molecule has 0 atom stereocenters. The van der Waals surface area contributed by atoms with E-state index in [0.29, 0.717) is 12.8 Å². The van der Waals surface area contributed by atoms with E-state index in [1.54, 1.807) is 0 Å². The third-order valence-electron chi connectivity index (χ3n) is 2.38. The molecule has 1 aliphatic rings. The van der Waals surface area contributed by atoms with Gasteiger partial charge in [-0.05, 0) is 19.9 Å². The first kappa shape index (κ1) is 13.4. The fourth-order valence-corrected chi connectivity index (χ4v) is 1.38. The summed E-state index contributed by atoms with van der Waals surface area (Å²) in [6, 6.07) is 0. The van der Waals surface area contributed by atoms with Gasteiger partial charge in [0.25, 0.3) is 0 Å². The van der Waals surface area contributed by atoms with Crippen LogP contribution in [0.25, 0.3) is 0 Å². The molecule has 1 fully saturated rings. The minimum absolute atomic E-state index is 0.468. The van der Waals surface area contributed by atoms with Crippen molar-refractivity contribution in [3.8, 4) is 0 Å². The predicted molar refractivity (Wildman–Crippen MR) is 55.0 cm³/mol. The van der Waals surface area contributed by atoms with Crippen LogP contribution in [0.4, 0.5) is 0 Å². The van der Waals surface area contributed by atoms with E-state index >= 15 is 0 Å². The van der Waals surface area contributed by atoms with Gasteiger partial charge in [0, 0.05) is 13.1 Å². The maximum absolute atomic E-state index is 11.1. The lowest BCUT2D eigenvalue weighted by Crippen LogP contribution is -2.48. The van der Waals surface area contributed by atoms with Crippen LogP contribution >= 0.6 is 0 Å². The van der Waals surface area contributed by atoms with Crippen LogP contribution in [0.5, 0.6) is 0 Å². The third kappa shape index (κ3) is 3.27. The average Bonchev–Trinajstić information content (AvgIpc) is 2.24. The van der Waals surface area contributed by atoms with Crippen LogP contribution < -0.4 is 0 Å². The Morgan fingerprint density at radius 3 is 2.14 bits per heavy atom. The summed E-state index contributed by atoms with van der Waals surface area (Å²) in [6.45, 7) is 5.48. The standard InChI is InChI=1S/C8H15NO3.C2H6/c1-9-5-3-8(11,4-6-9)7(10)12-2;1-2/h11H,3-6H2,1-2H3;1-2H3. The Balaban J connectivity index is 0.000000791. The molecule has 1 saturated heterocycles. The van der Waals surface area contributed by atoms with Gasteiger partial charge in [-0.1, -0.05) is 13.8 Å². The summed E-state index contributed by atoms with van der Waals surface area (Å²) < 4.78 is 4.52. The molecule has 84 valence electrons. The molecule has 1 aliphatic heterocycles. The summed E-state index contributed by atoms with van der Waals surface area (Å²) >= 11 is 0. The van der Waals surface area contributed by atoms with Crippen molar-refractivity contribution in [1.29, 1.82) is 0 Å². The molecule has 0 aromatic carbocycles. The fourth-order valence-electron chi connectivity index (χ4n) is 1.38. The van der Waals surface area contributed by atoms with Crippen LogP contribution in [-0.2, 0) is 9.53 Å². The van der Waals surface area contributed by atoms with Crippen molar-refractivity contribution in [3.63, 3.8) is 0 Å². The van der Waals surface area contributed by atoms with E-state index in [4.69, 9.17) is 0 Å². The molecule has 14 heavy (non-hydrogen) atoms. The minimum Gasteiger partial charge on any atom is -0.467 e. The molecule has 0 aromatic heterocycles. The quantitative estimate of drug-likeness (QED) is 0.635. The maximum atomic E-state index is 11.1. The third-order valence-corrected chi connectivity index (χ3v) is 2.38. The Morgan fingerprint density at radius 2 is 1.79 bits per heavy atom. The Kier molecular flexibility index (Phi) is 5.72. The van der Waals surface area contributed by atoms with E-state index < -0.39 is 11.6 Å². The molecule has 0 bridgehead atoms. The highest BCUT2D eigenvalue weighted by Gasteiger charge is 2.39. The Morgan fingerprint density at radius 1 is 1.36 bits per heavy atom. The number of piperidine rings is 1. The molecule has 0 aromatic rings. The summed E-state index contributed by atoms with van der Waals surface area (Å²) in [5.74, 6) is -0.504. The Labute approximate surface area is 85.9 Å². The van der Waals surface area contributed by atoms with Gasteiger partial charge in [0.15, 0.2) is 5.60 Å². The number of carbonyl (C=O) groups excluding carboxylic acids is 1. The number of ether oxygens (including phenoxy) is 1. The summed E-state index contributed by atoms with van der Waals surface area (Å²) in [5, 5.41) is 9.76. The zero-order valence-electron chi connectivity index (χ0n) is 9.54. The molecule has 0 unspecified atom stereocenters. The van der Waals surface area contributed by atoms with E-state index in [-0.39, 0.29) is 0 Å². The fraction of sp³-hybridized carbons (Fsp3) is 0.900. The lowest BCUT2D eigenvalue weighted by Gasteiger charge is -2.33. The molecular weight excluding hydrogens is 182 g/mol. The number of hydrogen-bond donors (Lipinski definition) is 1. The van der Waals surface area contributed by atoms with Gasteiger partial charge in [-0.2, -0.15) is 0 Å². The monoisotopic (exact) mass is 203 g/mol. The van der Waals surface area contributed by atoms with Gasteiger partial charge in [-0.25, -0.2) is 4.79 Å². The first-order valence-corrected chi connectivity index (χ1v) is 5.08. The first-order valence-electron chi connectivity index (χ1n) is 5.08. The van der Waals surface area contributed by atoms with Gasteiger partial charge in [-0.3, -0.25) is 0 Å². The van der Waals surface area contributed by atoms with Gasteiger partial charge in [0.1, 0.15) is 0 Å². The molecule has 0 spiro atoms. The number of methoxy groups -OCH3 is 1. The number of rotatable bonds is 1. The number of carbonyl (C=O) groups is 1. The lowest BCUT2D eigenvalue weighted by molar-refractivity contribution is -0.166. The summed E-state index contributed by atoms with van der Waals surface area (Å²) in [7, 11) is 3.27. The average molecular weight is 203 g/mol. The molecule has 4 heteroatoms. The number of likely N-dealkylation sites (tertiary alicyclic amines) is 1. The van der Waals surface area contributed by atoms with Gasteiger partial charge in [0.2, 0.25) is 0 Å². The molecule has 4 nitrogen and oxygen atoms in total. The number of hydrogen-bond acceptors (Lipinski definition) is 4. The highest BCUT2D eigenvalue weighted by atomic mass is 16.5. The summed E-state index contributed by atoms with van der Waals surface area (Å²) in [5.41, 5.74) is -1.23. The van der Waals surface area contributed by atoms with Gasteiger partial charge in [0.05, 0.1) is 7.11 Å². The van der Waals surface area contributed by atoms with E-state index in [0.717, 1.165) is 13.1 Å². The zero-order valence-corrected chi connectivity index (χ0v) is 9.54. The maximum Gasteiger partial charge on any atom is 0.337 e. The van der Waals surface area contributed by atoms with Crippen LogP contribution in [0.15, 0.2) is 0 Å². The number of esters is 1. The van der Waals surface area contributed by atoms with Crippen LogP contribution in [0.2, 0.25) is 0 Å². The molecule has 0 aliphatic carbocycles. The SMILES string of the molecule is CC.COC(=O)C1(O)CCN(C)CC1. The Bertz CT molecular complexity index is 174. The van der Waals surface area contributed by atoms with Crippen LogP contribution in [0.1, 0.15) is 26.7 Å². The van der Waals surface area contributed by atoms with Crippen molar-refractivity contribution in [2.75, 3.05) is 27.2 Å². The van der Waals surface area contributed by atoms with E-state index in [9.17, 15) is 9.90 Å². The van der Waals surface area contributed by atoms with Crippen LogP contribution in [0.3, 0.4) is 0 Å². The summed E-state index contributed by atoms with van der Waals surface area (Å²) in [4.78, 5) is 13.2. The molecule has 1 heterocycles. The van der Waals surface area contributed by atoms with Gasteiger partial charge >= 0.3 is 5.97 Å². The van der Waals surface area contributed by atoms with Gasteiger partial charge < -0.3 is 14.7 Å². The van der Waals surface area contributed by atoms with E-state index in [1.807, 2.05) is 20.9 Å². The van der Waals surface area contributed by atoms with E-state index in [1.165, 1.54) is 7.11 Å². The van der Waals surface area contributed by atoms with Crippen molar-refractivity contribution in [3.05, 3.63) is 0 Å². The highest BCUT2D eigenvalue weighted by molar-refractivity contribution is 5.79. The molecule has 0 saturated carbocycles. The van der Waals surface area contributed by atoms with Crippen molar-refractivity contribution >= 4 is 5.97 Å². The zero-order chi connectivity index (χ0) is 11.2. The Hall–Kier alpha value is -0.610. The predicted octanol–water partition coefficient (Wildman–Crippen LogP) is 0.642. The molecular formula is C10H21NO3. The minimum atomic E-state index is -1.23. The lowest BCUT2D eigenvalue weighted by atomic mass is 9.92. The normalized spacial score (nSPS) is 20.6. The van der Waals surface area contributed by atoms with E-state index in [2.05, 4.69) is 9.64 Å². The largest absolute Gasteiger partial charge is 0.467 e. The van der Waals surface area contributed by atoms with Crippen LogP contribution in [0, 0.1) is 0 Å². The topological polar surface area (TPSA) is 49.8 Å².